The lowest BCUT2D eigenvalue weighted by Crippen LogP contribution is -2.13. The normalized spacial score (nSPS) is 13.4. The predicted octanol–water partition coefficient (Wildman–Crippen LogP) is 2.68. The first kappa shape index (κ1) is 13.8. The molecule has 0 N–H and O–H groups in total. The quantitative estimate of drug-likeness (QED) is 0.770. The highest BCUT2D eigenvalue weighted by Gasteiger charge is 2.18. The van der Waals surface area contributed by atoms with Crippen molar-refractivity contribution in [2.45, 2.75) is 37.3 Å². The summed E-state index contributed by atoms with van der Waals surface area (Å²) in [4.78, 5) is 0.379. The Morgan fingerprint density at radius 2 is 1.71 bits per heavy atom. The minimum absolute atomic E-state index is 0.169. The molecule has 17 heavy (non-hydrogen) atoms. The molecule has 3 heteroatoms. The monoisotopic (exact) mass is 250 g/mol. The molecule has 0 aliphatic rings. The van der Waals surface area contributed by atoms with Crippen LogP contribution in [0.25, 0.3) is 0 Å². The molecule has 1 aromatic carbocycles. The Morgan fingerprint density at radius 1 is 1.18 bits per heavy atom. The third-order valence-corrected chi connectivity index (χ3v) is 4.87. The topological polar surface area (TPSA) is 34.1 Å². The molecule has 0 aliphatic carbocycles. The van der Waals surface area contributed by atoms with E-state index in [1.54, 1.807) is 26.0 Å². The Balaban J connectivity index is 2.94. The summed E-state index contributed by atoms with van der Waals surface area (Å²) >= 11 is 0. The van der Waals surface area contributed by atoms with E-state index in [0.717, 1.165) is 12.0 Å². The lowest BCUT2D eigenvalue weighted by molar-refractivity contribution is 0.587. The van der Waals surface area contributed by atoms with Crippen molar-refractivity contribution in [2.24, 2.45) is 5.92 Å². The van der Waals surface area contributed by atoms with E-state index in [1.807, 2.05) is 19.1 Å². The molecular formula is C14H18O2S. The molecule has 0 aliphatic heterocycles. The van der Waals surface area contributed by atoms with Gasteiger partial charge in [-0.2, -0.15) is 0 Å². The third kappa shape index (κ3) is 3.34. The Bertz CT molecular complexity index is 504. The van der Waals surface area contributed by atoms with Crippen LogP contribution >= 0.6 is 0 Å². The van der Waals surface area contributed by atoms with Crippen molar-refractivity contribution in [3.63, 3.8) is 0 Å². The van der Waals surface area contributed by atoms with Gasteiger partial charge in [-0.3, -0.25) is 0 Å². The molecule has 0 radical (unpaired) electrons. The van der Waals surface area contributed by atoms with E-state index in [1.165, 1.54) is 0 Å². The molecule has 92 valence electrons. The van der Waals surface area contributed by atoms with Gasteiger partial charge in [0, 0.05) is 5.92 Å². The molecule has 0 saturated heterocycles. The van der Waals surface area contributed by atoms with E-state index in [2.05, 4.69) is 5.92 Å². The SMILES string of the molecule is C#CC(C)Cc1ccc(S(=O)(=O)C(C)C)cc1. The molecule has 1 aromatic rings. The van der Waals surface area contributed by atoms with Crippen LogP contribution in [-0.2, 0) is 16.3 Å². The fourth-order valence-electron chi connectivity index (χ4n) is 1.50. The second kappa shape index (κ2) is 5.37. The summed E-state index contributed by atoms with van der Waals surface area (Å²) in [5.74, 6) is 2.83. The van der Waals surface area contributed by atoms with Gasteiger partial charge in [0.25, 0.3) is 0 Å². The highest BCUT2D eigenvalue weighted by atomic mass is 32.2. The molecule has 0 aromatic heterocycles. The van der Waals surface area contributed by atoms with Gasteiger partial charge in [-0.25, -0.2) is 8.42 Å². The van der Waals surface area contributed by atoms with E-state index < -0.39 is 15.1 Å². The van der Waals surface area contributed by atoms with Crippen LogP contribution in [0.15, 0.2) is 29.2 Å². The van der Waals surface area contributed by atoms with Gasteiger partial charge >= 0.3 is 0 Å². The predicted molar refractivity (Wildman–Crippen MR) is 70.5 cm³/mol. The summed E-state index contributed by atoms with van der Waals surface area (Å²) in [5, 5.41) is -0.391. The number of rotatable bonds is 4. The maximum atomic E-state index is 11.9. The molecule has 0 fully saturated rings. The molecule has 0 bridgehead atoms. The van der Waals surface area contributed by atoms with E-state index >= 15 is 0 Å². The number of sulfone groups is 1. The van der Waals surface area contributed by atoms with Crippen molar-refractivity contribution in [3.8, 4) is 12.3 Å². The van der Waals surface area contributed by atoms with Gasteiger partial charge in [0.15, 0.2) is 9.84 Å². The fraction of sp³-hybridized carbons (Fsp3) is 0.429. The van der Waals surface area contributed by atoms with Crippen molar-refractivity contribution in [3.05, 3.63) is 29.8 Å². The Morgan fingerprint density at radius 3 is 2.12 bits per heavy atom. The van der Waals surface area contributed by atoms with Gasteiger partial charge in [0.2, 0.25) is 0 Å². The molecule has 1 unspecified atom stereocenters. The molecule has 0 spiro atoms. The van der Waals surface area contributed by atoms with E-state index in [9.17, 15) is 8.42 Å². The largest absolute Gasteiger partial charge is 0.223 e. The van der Waals surface area contributed by atoms with Gasteiger partial charge in [-0.1, -0.05) is 19.1 Å². The van der Waals surface area contributed by atoms with E-state index in [0.29, 0.717) is 4.90 Å². The van der Waals surface area contributed by atoms with Gasteiger partial charge in [-0.15, -0.1) is 12.3 Å². The number of hydrogen-bond donors (Lipinski definition) is 0. The van der Waals surface area contributed by atoms with Crippen LogP contribution in [0.2, 0.25) is 0 Å². The summed E-state index contributed by atoms with van der Waals surface area (Å²) in [6, 6.07) is 6.99. The highest BCUT2D eigenvalue weighted by Crippen LogP contribution is 2.17. The Hall–Kier alpha value is -1.27. The van der Waals surface area contributed by atoms with Crippen LogP contribution in [0, 0.1) is 18.3 Å². The smallest absolute Gasteiger partial charge is 0.180 e. The van der Waals surface area contributed by atoms with Crippen LogP contribution in [-0.4, -0.2) is 13.7 Å². The number of terminal acetylenes is 1. The molecule has 0 saturated carbocycles. The van der Waals surface area contributed by atoms with Gasteiger partial charge < -0.3 is 0 Å². The molecular weight excluding hydrogens is 232 g/mol. The minimum Gasteiger partial charge on any atom is -0.223 e. The zero-order valence-electron chi connectivity index (χ0n) is 10.5. The van der Waals surface area contributed by atoms with E-state index in [-0.39, 0.29) is 5.92 Å². The molecule has 0 amide bonds. The molecule has 0 heterocycles. The Labute approximate surface area is 104 Å². The summed E-state index contributed by atoms with van der Waals surface area (Å²) in [5.41, 5.74) is 1.07. The average Bonchev–Trinajstić information content (AvgIpc) is 2.29. The summed E-state index contributed by atoms with van der Waals surface area (Å²) in [7, 11) is -3.17. The van der Waals surface area contributed by atoms with Crippen molar-refractivity contribution >= 4 is 9.84 Å². The average molecular weight is 250 g/mol. The maximum Gasteiger partial charge on any atom is 0.180 e. The van der Waals surface area contributed by atoms with Crippen molar-refractivity contribution < 1.29 is 8.42 Å². The first-order valence-electron chi connectivity index (χ1n) is 5.67. The van der Waals surface area contributed by atoms with Crippen LogP contribution in [0.4, 0.5) is 0 Å². The zero-order valence-corrected chi connectivity index (χ0v) is 11.3. The fourth-order valence-corrected chi connectivity index (χ4v) is 2.56. The van der Waals surface area contributed by atoms with Gasteiger partial charge in [0.1, 0.15) is 0 Å². The summed E-state index contributed by atoms with van der Waals surface area (Å²) in [6.07, 6.45) is 6.09. The van der Waals surface area contributed by atoms with Crippen molar-refractivity contribution in [1.82, 2.24) is 0 Å². The van der Waals surface area contributed by atoms with Gasteiger partial charge in [0.05, 0.1) is 10.1 Å². The second-order valence-corrected chi connectivity index (χ2v) is 7.01. The van der Waals surface area contributed by atoms with Gasteiger partial charge in [-0.05, 0) is 38.0 Å². The van der Waals surface area contributed by atoms with Crippen LogP contribution < -0.4 is 0 Å². The maximum absolute atomic E-state index is 11.9. The standard InChI is InChI=1S/C14H18O2S/c1-5-12(4)10-13-6-8-14(9-7-13)17(15,16)11(2)3/h1,6-9,11-12H,10H2,2-4H3. The lowest BCUT2D eigenvalue weighted by atomic mass is 10.0. The van der Waals surface area contributed by atoms with Crippen LogP contribution in [0.1, 0.15) is 26.3 Å². The minimum atomic E-state index is -3.17. The third-order valence-electron chi connectivity index (χ3n) is 2.70. The second-order valence-electron chi connectivity index (χ2n) is 4.51. The van der Waals surface area contributed by atoms with E-state index in [4.69, 9.17) is 6.42 Å². The molecule has 1 rings (SSSR count). The number of hydrogen-bond acceptors (Lipinski definition) is 2. The van der Waals surface area contributed by atoms with Crippen LogP contribution in [0.3, 0.4) is 0 Å². The first-order valence-corrected chi connectivity index (χ1v) is 7.21. The number of benzene rings is 1. The van der Waals surface area contributed by atoms with Crippen molar-refractivity contribution in [1.29, 1.82) is 0 Å². The van der Waals surface area contributed by atoms with Crippen LogP contribution in [0.5, 0.6) is 0 Å². The molecule has 1 atom stereocenters. The van der Waals surface area contributed by atoms with Crippen molar-refractivity contribution in [2.75, 3.05) is 0 Å². The first-order chi connectivity index (χ1) is 7.87. The Kier molecular flexibility index (Phi) is 4.36. The summed E-state index contributed by atoms with van der Waals surface area (Å²) < 4.78 is 23.8. The zero-order chi connectivity index (χ0) is 13.1. The molecule has 2 nitrogen and oxygen atoms in total. The highest BCUT2D eigenvalue weighted by molar-refractivity contribution is 7.92. The lowest BCUT2D eigenvalue weighted by Gasteiger charge is -2.09. The summed E-state index contributed by atoms with van der Waals surface area (Å²) in [6.45, 7) is 5.34.